The number of allylic oxidation sites excluding steroid dienone is 1. The Kier molecular flexibility index (Phi) is 7.63. The van der Waals surface area contributed by atoms with Gasteiger partial charge in [0.25, 0.3) is 0 Å². The molecule has 1 fully saturated rings. The summed E-state index contributed by atoms with van der Waals surface area (Å²) in [4.78, 5) is 29.9. The minimum atomic E-state index is -0.149. The number of aromatic amines is 1. The number of aryl methyl sites for hydroxylation is 1. The maximum Gasteiger partial charge on any atom is 0.321 e. The van der Waals surface area contributed by atoms with Gasteiger partial charge in [-0.3, -0.25) is 9.88 Å². The molecule has 6 rings (SSSR count). The second-order valence-electron chi connectivity index (χ2n) is 10.2. The number of hydrogen-bond donors (Lipinski definition) is 2. The molecule has 10 heteroatoms. The standard InChI is InChI=1S/C31H27BrClN7O/c1-19-35-18-26(37-19)14-21-12-22-13-23(32)17-36-29(22)30(27-7-4-24(33)15-28(21)27)39-8-10-40(11-9-39)31(41)38-25-5-2-20(16-34)3-6-25/h2-7,12-13,15,17-18,30H,8-11,14H2,1H3,(H,35,37)(H,38,41). The number of carbonyl (C=O) groups excluding carboxylic acids is 1. The first-order chi connectivity index (χ1) is 19.9. The van der Waals surface area contributed by atoms with Gasteiger partial charge in [-0.25, -0.2) is 9.78 Å². The van der Waals surface area contributed by atoms with E-state index in [0.29, 0.717) is 48.9 Å². The number of rotatable bonds is 4. The molecule has 0 saturated carbocycles. The van der Waals surface area contributed by atoms with Crippen molar-refractivity contribution in [3.8, 4) is 6.07 Å². The summed E-state index contributed by atoms with van der Waals surface area (Å²) in [6, 6.07) is 16.9. The molecule has 41 heavy (non-hydrogen) atoms. The van der Waals surface area contributed by atoms with E-state index < -0.39 is 0 Å². The lowest BCUT2D eigenvalue weighted by atomic mass is 9.92. The highest BCUT2D eigenvalue weighted by atomic mass is 79.9. The number of nitrogens with one attached hydrogen (secondary N) is 2. The van der Waals surface area contributed by atoms with Crippen molar-refractivity contribution in [1.82, 2.24) is 24.8 Å². The quantitative estimate of drug-likeness (QED) is 0.271. The predicted octanol–water partition coefficient (Wildman–Crippen LogP) is 6.44. The lowest BCUT2D eigenvalue weighted by molar-refractivity contribution is 0.125. The van der Waals surface area contributed by atoms with Crippen LogP contribution < -0.4 is 5.32 Å². The minimum absolute atomic E-state index is 0.105. The summed E-state index contributed by atoms with van der Waals surface area (Å²) in [5, 5.41) is 12.7. The second-order valence-corrected chi connectivity index (χ2v) is 11.6. The fourth-order valence-corrected chi connectivity index (χ4v) is 6.08. The Labute approximate surface area is 251 Å². The molecule has 2 aromatic carbocycles. The first kappa shape index (κ1) is 27.2. The molecule has 2 aliphatic rings. The first-order valence-corrected chi connectivity index (χ1v) is 14.5. The molecule has 1 unspecified atom stereocenters. The lowest BCUT2D eigenvalue weighted by Crippen LogP contribution is -2.51. The van der Waals surface area contributed by atoms with Crippen molar-refractivity contribution in [2.24, 2.45) is 0 Å². The number of amides is 2. The molecular formula is C31H27BrClN7O. The van der Waals surface area contributed by atoms with E-state index in [1.807, 2.05) is 36.4 Å². The third-order valence-electron chi connectivity index (χ3n) is 7.53. The Hall–Kier alpha value is -3.97. The molecule has 3 heterocycles. The van der Waals surface area contributed by atoms with Gasteiger partial charge in [0, 0.05) is 65.9 Å². The molecule has 2 aromatic heterocycles. The fourth-order valence-electron chi connectivity index (χ4n) is 5.56. The highest BCUT2D eigenvalue weighted by Gasteiger charge is 2.34. The Bertz CT molecular complexity index is 1680. The number of H-pyrrole nitrogens is 1. The molecular weight excluding hydrogens is 602 g/mol. The third kappa shape index (κ3) is 5.77. The Morgan fingerprint density at radius 3 is 2.61 bits per heavy atom. The summed E-state index contributed by atoms with van der Waals surface area (Å²) in [7, 11) is 0. The van der Waals surface area contributed by atoms with Crippen LogP contribution in [0.1, 0.15) is 45.5 Å². The fraction of sp³-hybridized carbons (Fsp3) is 0.226. The van der Waals surface area contributed by atoms with Gasteiger partial charge in [0.2, 0.25) is 0 Å². The van der Waals surface area contributed by atoms with Gasteiger partial charge in [-0.2, -0.15) is 5.26 Å². The number of piperazine rings is 1. The number of urea groups is 1. The van der Waals surface area contributed by atoms with Gasteiger partial charge in [0.05, 0.1) is 23.4 Å². The number of nitriles is 1. The van der Waals surface area contributed by atoms with Crippen LogP contribution in [0.15, 0.2) is 65.4 Å². The van der Waals surface area contributed by atoms with Crippen LogP contribution in [0.2, 0.25) is 5.02 Å². The summed E-state index contributed by atoms with van der Waals surface area (Å²) >= 11 is 10.2. The van der Waals surface area contributed by atoms with E-state index in [2.05, 4.69) is 60.4 Å². The molecule has 1 aliphatic heterocycles. The van der Waals surface area contributed by atoms with E-state index in [1.165, 1.54) is 0 Å². The lowest BCUT2D eigenvalue weighted by Gasteiger charge is -2.39. The number of carbonyl (C=O) groups is 1. The Morgan fingerprint density at radius 1 is 1.12 bits per heavy atom. The Morgan fingerprint density at radius 2 is 1.90 bits per heavy atom. The van der Waals surface area contributed by atoms with E-state index in [-0.39, 0.29) is 12.1 Å². The summed E-state index contributed by atoms with van der Waals surface area (Å²) in [6.45, 7) is 4.45. The van der Waals surface area contributed by atoms with Gasteiger partial charge in [0.1, 0.15) is 5.82 Å². The molecule has 8 nitrogen and oxygen atoms in total. The third-order valence-corrected chi connectivity index (χ3v) is 8.20. The highest BCUT2D eigenvalue weighted by Crippen LogP contribution is 2.42. The van der Waals surface area contributed by atoms with Crippen LogP contribution >= 0.6 is 27.5 Å². The van der Waals surface area contributed by atoms with Crippen molar-refractivity contribution in [3.63, 3.8) is 0 Å². The average molecular weight is 629 g/mol. The molecule has 0 bridgehead atoms. The number of nitrogens with zero attached hydrogens (tertiary/aromatic N) is 5. The summed E-state index contributed by atoms with van der Waals surface area (Å²) < 4.78 is 0.913. The van der Waals surface area contributed by atoms with Crippen LogP contribution in [0, 0.1) is 18.3 Å². The number of aromatic nitrogens is 3. The SMILES string of the molecule is Cc1ncc(CC2=Cc3cc(Br)cnc3C(N3CCN(C(=O)Nc4ccc(C#N)cc4)CC3)c3ccc(Cl)cc32)[nH]1. The van der Waals surface area contributed by atoms with Gasteiger partial charge in [-0.05, 0) is 93.7 Å². The number of imidazole rings is 1. The minimum Gasteiger partial charge on any atom is -0.346 e. The largest absolute Gasteiger partial charge is 0.346 e. The summed E-state index contributed by atoms with van der Waals surface area (Å²) in [5.41, 5.74) is 7.64. The molecule has 2 N–H and O–H groups in total. The molecule has 2 amide bonds. The first-order valence-electron chi connectivity index (χ1n) is 13.3. The number of hydrogen-bond acceptors (Lipinski definition) is 5. The molecule has 4 aromatic rings. The zero-order chi connectivity index (χ0) is 28.5. The van der Waals surface area contributed by atoms with Gasteiger partial charge in [0.15, 0.2) is 0 Å². The van der Waals surface area contributed by atoms with Crippen molar-refractivity contribution in [2.75, 3.05) is 31.5 Å². The van der Waals surface area contributed by atoms with Gasteiger partial charge in [-0.1, -0.05) is 17.7 Å². The van der Waals surface area contributed by atoms with Crippen LogP contribution in [-0.2, 0) is 6.42 Å². The summed E-state index contributed by atoms with van der Waals surface area (Å²) in [5.74, 6) is 0.879. The van der Waals surface area contributed by atoms with E-state index in [4.69, 9.17) is 21.8 Å². The van der Waals surface area contributed by atoms with Crippen molar-refractivity contribution < 1.29 is 4.79 Å². The molecule has 1 saturated heterocycles. The second kappa shape index (κ2) is 11.5. The molecule has 1 aliphatic carbocycles. The smallest absolute Gasteiger partial charge is 0.321 e. The molecule has 0 radical (unpaired) electrons. The van der Waals surface area contributed by atoms with Crippen molar-refractivity contribution in [3.05, 3.63) is 110 Å². The van der Waals surface area contributed by atoms with Crippen molar-refractivity contribution in [2.45, 2.75) is 19.4 Å². The average Bonchev–Trinajstić information content (AvgIpc) is 3.34. The van der Waals surface area contributed by atoms with Crippen LogP contribution in [-0.4, -0.2) is 57.0 Å². The van der Waals surface area contributed by atoms with Gasteiger partial charge >= 0.3 is 6.03 Å². The maximum absolute atomic E-state index is 13.0. The normalized spacial score (nSPS) is 16.7. The summed E-state index contributed by atoms with van der Waals surface area (Å²) in [6.07, 6.45) is 6.61. The monoisotopic (exact) mass is 627 g/mol. The van der Waals surface area contributed by atoms with Gasteiger partial charge in [-0.15, -0.1) is 0 Å². The van der Waals surface area contributed by atoms with Gasteiger partial charge < -0.3 is 15.2 Å². The van der Waals surface area contributed by atoms with E-state index in [9.17, 15) is 4.79 Å². The topological polar surface area (TPSA) is 101 Å². The molecule has 0 spiro atoms. The number of anilines is 1. The predicted molar refractivity (Wildman–Crippen MR) is 163 cm³/mol. The number of benzene rings is 2. The zero-order valence-electron chi connectivity index (χ0n) is 22.4. The molecule has 1 atom stereocenters. The maximum atomic E-state index is 13.0. The highest BCUT2D eigenvalue weighted by molar-refractivity contribution is 9.10. The zero-order valence-corrected chi connectivity index (χ0v) is 24.7. The van der Waals surface area contributed by atoms with E-state index >= 15 is 0 Å². The van der Waals surface area contributed by atoms with Crippen LogP contribution in [0.3, 0.4) is 0 Å². The van der Waals surface area contributed by atoms with Crippen molar-refractivity contribution >= 4 is 50.9 Å². The van der Waals surface area contributed by atoms with Crippen LogP contribution in [0.25, 0.3) is 11.6 Å². The Balaban J connectivity index is 1.29. The van der Waals surface area contributed by atoms with E-state index in [1.54, 1.807) is 24.3 Å². The van der Waals surface area contributed by atoms with Crippen LogP contribution in [0.5, 0.6) is 0 Å². The van der Waals surface area contributed by atoms with E-state index in [0.717, 1.165) is 43.9 Å². The number of pyridine rings is 1. The number of fused-ring (bicyclic) bond motifs is 2. The van der Waals surface area contributed by atoms with Crippen molar-refractivity contribution in [1.29, 1.82) is 5.26 Å². The number of halogens is 2. The van der Waals surface area contributed by atoms with Crippen LogP contribution in [0.4, 0.5) is 10.5 Å². The molecule has 206 valence electrons.